The topological polar surface area (TPSA) is 28.2 Å². The summed E-state index contributed by atoms with van der Waals surface area (Å²) in [5.74, 6) is 2.73. The van der Waals surface area contributed by atoms with Gasteiger partial charge in [0.15, 0.2) is 0 Å². The lowest BCUT2D eigenvalue weighted by molar-refractivity contribution is 0.670. The van der Waals surface area contributed by atoms with Crippen LogP contribution < -0.4 is 10.2 Å². The zero-order valence-electron chi connectivity index (χ0n) is 12.2. The van der Waals surface area contributed by atoms with E-state index in [0.717, 1.165) is 48.9 Å². The lowest BCUT2D eigenvalue weighted by Crippen LogP contribution is -2.29. The van der Waals surface area contributed by atoms with Crippen molar-refractivity contribution in [1.29, 1.82) is 0 Å². The molecule has 3 nitrogen and oxygen atoms in total. The quantitative estimate of drug-likeness (QED) is 0.795. The van der Waals surface area contributed by atoms with Crippen LogP contribution in [0.3, 0.4) is 0 Å². The summed E-state index contributed by atoms with van der Waals surface area (Å²) in [6.45, 7) is 6.19. The van der Waals surface area contributed by atoms with Crippen molar-refractivity contribution in [3.05, 3.63) is 22.8 Å². The maximum atomic E-state index is 6.48. The number of anilines is 1. The van der Waals surface area contributed by atoms with E-state index in [1.54, 1.807) is 0 Å². The molecule has 0 bridgehead atoms. The number of pyridine rings is 1. The second kappa shape index (κ2) is 6.31. The molecule has 1 aromatic heterocycles. The second-order valence-corrected chi connectivity index (χ2v) is 6.63. The van der Waals surface area contributed by atoms with Crippen molar-refractivity contribution in [1.82, 2.24) is 10.3 Å². The number of halogens is 1. The SMILES string of the molecule is CCNCc1cnc(N(CC2CC2)CC2CC2)c(Cl)c1. The summed E-state index contributed by atoms with van der Waals surface area (Å²) in [6.07, 6.45) is 7.46. The highest BCUT2D eigenvalue weighted by atomic mass is 35.5. The molecule has 1 N–H and O–H groups in total. The van der Waals surface area contributed by atoms with Crippen LogP contribution in [0.4, 0.5) is 5.82 Å². The highest BCUT2D eigenvalue weighted by Gasteiger charge is 2.30. The Labute approximate surface area is 126 Å². The van der Waals surface area contributed by atoms with Crippen LogP contribution >= 0.6 is 11.6 Å². The molecule has 0 saturated heterocycles. The molecule has 1 heterocycles. The summed E-state index contributed by atoms with van der Waals surface area (Å²) in [6, 6.07) is 2.07. The maximum absolute atomic E-state index is 6.48. The van der Waals surface area contributed by atoms with Crippen LogP contribution in [-0.4, -0.2) is 24.6 Å². The normalized spacial score (nSPS) is 18.3. The molecule has 20 heavy (non-hydrogen) atoms. The van der Waals surface area contributed by atoms with Gasteiger partial charge >= 0.3 is 0 Å². The Bertz CT molecular complexity index is 441. The number of nitrogens with zero attached hydrogens (tertiary/aromatic N) is 2. The fourth-order valence-electron chi connectivity index (χ4n) is 2.54. The molecule has 0 unspecified atom stereocenters. The van der Waals surface area contributed by atoms with Crippen molar-refractivity contribution in [2.75, 3.05) is 24.5 Å². The van der Waals surface area contributed by atoms with Gasteiger partial charge < -0.3 is 10.2 Å². The number of rotatable bonds is 8. The van der Waals surface area contributed by atoms with E-state index in [2.05, 4.69) is 28.2 Å². The molecular formula is C16H24ClN3. The second-order valence-electron chi connectivity index (χ2n) is 6.22. The number of nitrogens with one attached hydrogen (secondary N) is 1. The van der Waals surface area contributed by atoms with E-state index in [4.69, 9.17) is 11.6 Å². The van der Waals surface area contributed by atoms with Crippen LogP contribution in [0.2, 0.25) is 5.02 Å². The van der Waals surface area contributed by atoms with Crippen LogP contribution in [0.5, 0.6) is 0 Å². The average Bonchev–Trinajstić information content (AvgIpc) is 3.31. The number of hydrogen-bond acceptors (Lipinski definition) is 3. The molecule has 0 radical (unpaired) electrons. The Morgan fingerprint density at radius 1 is 1.25 bits per heavy atom. The minimum absolute atomic E-state index is 0.807. The van der Waals surface area contributed by atoms with Crippen LogP contribution in [0.15, 0.2) is 12.3 Å². The smallest absolute Gasteiger partial charge is 0.147 e. The van der Waals surface area contributed by atoms with Crippen LogP contribution in [0, 0.1) is 11.8 Å². The fraction of sp³-hybridized carbons (Fsp3) is 0.688. The molecule has 2 fully saturated rings. The molecule has 3 rings (SSSR count). The Kier molecular flexibility index (Phi) is 4.47. The van der Waals surface area contributed by atoms with Gasteiger partial charge in [-0.3, -0.25) is 0 Å². The van der Waals surface area contributed by atoms with Gasteiger partial charge in [-0.05, 0) is 55.7 Å². The maximum Gasteiger partial charge on any atom is 0.147 e. The monoisotopic (exact) mass is 293 g/mol. The molecule has 0 spiro atoms. The summed E-state index contributed by atoms with van der Waals surface area (Å²) >= 11 is 6.48. The summed E-state index contributed by atoms with van der Waals surface area (Å²) in [4.78, 5) is 7.07. The highest BCUT2D eigenvalue weighted by molar-refractivity contribution is 6.33. The zero-order chi connectivity index (χ0) is 13.9. The molecule has 0 aromatic carbocycles. The van der Waals surface area contributed by atoms with Crippen LogP contribution in [0.25, 0.3) is 0 Å². The van der Waals surface area contributed by atoms with Crippen LogP contribution in [0.1, 0.15) is 38.2 Å². The first-order valence-electron chi connectivity index (χ1n) is 7.86. The van der Waals surface area contributed by atoms with Crippen molar-refractivity contribution >= 4 is 17.4 Å². The third-order valence-corrected chi connectivity index (χ3v) is 4.39. The van der Waals surface area contributed by atoms with E-state index in [1.165, 1.54) is 31.2 Å². The third-order valence-electron chi connectivity index (χ3n) is 4.11. The van der Waals surface area contributed by atoms with Crippen molar-refractivity contribution in [3.63, 3.8) is 0 Å². The van der Waals surface area contributed by atoms with Crippen molar-refractivity contribution in [3.8, 4) is 0 Å². The van der Waals surface area contributed by atoms with Gasteiger partial charge in [0.05, 0.1) is 5.02 Å². The fourth-order valence-corrected chi connectivity index (χ4v) is 2.85. The van der Waals surface area contributed by atoms with E-state index in [0.29, 0.717) is 0 Å². The summed E-state index contributed by atoms with van der Waals surface area (Å²) in [7, 11) is 0. The van der Waals surface area contributed by atoms with Gasteiger partial charge in [-0.25, -0.2) is 4.98 Å². The molecule has 4 heteroatoms. The summed E-state index contributed by atoms with van der Waals surface area (Å²) in [5.41, 5.74) is 1.17. The molecule has 1 aromatic rings. The summed E-state index contributed by atoms with van der Waals surface area (Å²) in [5, 5.41) is 4.12. The van der Waals surface area contributed by atoms with E-state index >= 15 is 0 Å². The van der Waals surface area contributed by atoms with Gasteiger partial charge in [0.1, 0.15) is 5.82 Å². The minimum Gasteiger partial charge on any atom is -0.355 e. The molecule has 2 saturated carbocycles. The standard InChI is InChI=1S/C16H24ClN3/c1-2-18-8-14-7-15(17)16(19-9-14)20(10-12-3-4-12)11-13-5-6-13/h7,9,12-13,18H,2-6,8,10-11H2,1H3. The molecule has 0 atom stereocenters. The molecule has 2 aliphatic rings. The predicted octanol–water partition coefficient (Wildman–Crippen LogP) is 3.47. The van der Waals surface area contributed by atoms with E-state index < -0.39 is 0 Å². The lowest BCUT2D eigenvalue weighted by Gasteiger charge is -2.25. The highest BCUT2D eigenvalue weighted by Crippen LogP contribution is 2.37. The lowest BCUT2D eigenvalue weighted by atomic mass is 10.2. The Morgan fingerprint density at radius 3 is 2.40 bits per heavy atom. The van der Waals surface area contributed by atoms with Crippen molar-refractivity contribution in [2.24, 2.45) is 11.8 Å². The van der Waals surface area contributed by atoms with E-state index in [1.807, 2.05) is 6.20 Å². The predicted molar refractivity (Wildman–Crippen MR) is 84.3 cm³/mol. The average molecular weight is 294 g/mol. The molecular weight excluding hydrogens is 270 g/mol. The van der Waals surface area contributed by atoms with Crippen molar-refractivity contribution < 1.29 is 0 Å². The first-order chi connectivity index (χ1) is 9.76. The minimum atomic E-state index is 0.807. The first-order valence-corrected chi connectivity index (χ1v) is 8.24. The van der Waals surface area contributed by atoms with Gasteiger partial charge in [-0.1, -0.05) is 18.5 Å². The van der Waals surface area contributed by atoms with E-state index in [-0.39, 0.29) is 0 Å². The molecule has 110 valence electrons. The van der Waals surface area contributed by atoms with Crippen molar-refractivity contribution in [2.45, 2.75) is 39.2 Å². The summed E-state index contributed by atoms with van der Waals surface area (Å²) < 4.78 is 0. The van der Waals surface area contributed by atoms with Gasteiger partial charge in [0.2, 0.25) is 0 Å². The van der Waals surface area contributed by atoms with Gasteiger partial charge in [0.25, 0.3) is 0 Å². The molecule has 2 aliphatic carbocycles. The zero-order valence-corrected chi connectivity index (χ0v) is 13.0. The number of hydrogen-bond donors (Lipinski definition) is 1. The van der Waals surface area contributed by atoms with Crippen LogP contribution in [-0.2, 0) is 6.54 Å². The molecule has 0 amide bonds. The Hall–Kier alpha value is -0.800. The van der Waals surface area contributed by atoms with Gasteiger partial charge in [0, 0.05) is 25.8 Å². The Balaban J connectivity index is 1.70. The largest absolute Gasteiger partial charge is 0.355 e. The third kappa shape index (κ3) is 3.86. The first kappa shape index (κ1) is 14.2. The van der Waals surface area contributed by atoms with Gasteiger partial charge in [-0.15, -0.1) is 0 Å². The van der Waals surface area contributed by atoms with E-state index in [9.17, 15) is 0 Å². The Morgan fingerprint density at radius 2 is 1.90 bits per heavy atom. The van der Waals surface area contributed by atoms with Gasteiger partial charge in [-0.2, -0.15) is 0 Å². The number of aromatic nitrogens is 1. The molecule has 0 aliphatic heterocycles.